The first-order chi connectivity index (χ1) is 8.04. The van der Waals surface area contributed by atoms with E-state index in [4.69, 9.17) is 10.8 Å². The second kappa shape index (κ2) is 4.93. The Morgan fingerprint density at radius 3 is 2.59 bits per heavy atom. The number of sulfonamides is 1. The van der Waals surface area contributed by atoms with Crippen molar-refractivity contribution in [2.75, 3.05) is 25.4 Å². The van der Waals surface area contributed by atoms with E-state index in [1.165, 1.54) is 10.4 Å². The molecule has 1 aromatic heterocycles. The minimum absolute atomic E-state index is 0.139. The van der Waals surface area contributed by atoms with Gasteiger partial charge < -0.3 is 10.8 Å². The van der Waals surface area contributed by atoms with Gasteiger partial charge >= 0.3 is 0 Å². The molecule has 2 rings (SSSR count). The zero-order chi connectivity index (χ0) is 12.5. The molecule has 2 heterocycles. The molecule has 0 spiro atoms. The summed E-state index contributed by atoms with van der Waals surface area (Å²) in [5.74, 6) is 0.231. The van der Waals surface area contributed by atoms with E-state index in [0.717, 1.165) is 24.2 Å². The van der Waals surface area contributed by atoms with Crippen LogP contribution >= 0.6 is 11.3 Å². The molecule has 1 aliphatic rings. The Balaban J connectivity index is 2.12. The van der Waals surface area contributed by atoms with Gasteiger partial charge in [0.2, 0.25) is 0 Å². The van der Waals surface area contributed by atoms with Crippen molar-refractivity contribution < 1.29 is 13.5 Å². The average Bonchev–Trinajstić information content (AvgIpc) is 2.77. The lowest BCUT2D eigenvalue weighted by molar-refractivity contribution is 0.170. The second-order valence-corrected chi connectivity index (χ2v) is 7.31. The highest BCUT2D eigenvalue weighted by Crippen LogP contribution is 2.28. The number of hydrogen-bond donors (Lipinski definition) is 2. The summed E-state index contributed by atoms with van der Waals surface area (Å²) in [7, 11) is -3.38. The summed E-state index contributed by atoms with van der Waals surface area (Å²) in [6.07, 6.45) is 1.44. The lowest BCUT2D eigenvalue weighted by Crippen LogP contribution is -2.38. The third kappa shape index (κ3) is 2.62. The zero-order valence-corrected chi connectivity index (χ0v) is 11.0. The topological polar surface area (TPSA) is 83.6 Å². The van der Waals surface area contributed by atoms with Crippen LogP contribution in [0, 0.1) is 5.92 Å². The second-order valence-electron chi connectivity index (χ2n) is 4.23. The minimum Gasteiger partial charge on any atom is -0.398 e. The molecular formula is C10H16N2O3S2. The van der Waals surface area contributed by atoms with Crippen molar-refractivity contribution in [3.63, 3.8) is 0 Å². The number of aliphatic hydroxyl groups excluding tert-OH is 1. The van der Waals surface area contributed by atoms with Gasteiger partial charge in [0.15, 0.2) is 0 Å². The van der Waals surface area contributed by atoms with Crippen LogP contribution in [-0.2, 0) is 10.0 Å². The molecule has 0 unspecified atom stereocenters. The lowest BCUT2D eigenvalue weighted by atomic mass is 10.00. The fourth-order valence-electron chi connectivity index (χ4n) is 1.92. The fourth-order valence-corrected chi connectivity index (χ4v) is 4.63. The first-order valence-electron chi connectivity index (χ1n) is 5.49. The molecule has 7 heteroatoms. The van der Waals surface area contributed by atoms with E-state index < -0.39 is 10.0 Å². The molecular weight excluding hydrogens is 260 g/mol. The molecule has 3 N–H and O–H groups in total. The van der Waals surface area contributed by atoms with E-state index in [1.54, 1.807) is 5.38 Å². The van der Waals surface area contributed by atoms with Gasteiger partial charge in [0, 0.05) is 30.8 Å². The average molecular weight is 276 g/mol. The standard InChI is InChI=1S/C10H16N2O3S2/c11-9-5-10(16-7-9)17(14,15)12-3-1-8(6-13)2-4-12/h5,7-8,13H,1-4,6,11H2. The summed E-state index contributed by atoms with van der Waals surface area (Å²) < 4.78 is 26.2. The zero-order valence-electron chi connectivity index (χ0n) is 9.37. The molecule has 1 saturated heterocycles. The van der Waals surface area contributed by atoms with Crippen LogP contribution in [0.1, 0.15) is 12.8 Å². The van der Waals surface area contributed by atoms with Gasteiger partial charge in [-0.05, 0) is 24.8 Å². The maximum atomic E-state index is 12.2. The van der Waals surface area contributed by atoms with E-state index in [0.29, 0.717) is 23.0 Å². The van der Waals surface area contributed by atoms with Crippen LogP contribution in [0.3, 0.4) is 0 Å². The number of nitrogens with zero attached hydrogens (tertiary/aromatic N) is 1. The molecule has 0 radical (unpaired) electrons. The van der Waals surface area contributed by atoms with E-state index >= 15 is 0 Å². The van der Waals surface area contributed by atoms with Gasteiger partial charge in [-0.2, -0.15) is 4.31 Å². The van der Waals surface area contributed by atoms with Crippen LogP contribution in [0.15, 0.2) is 15.7 Å². The minimum atomic E-state index is -3.38. The summed E-state index contributed by atoms with van der Waals surface area (Å²) in [5, 5.41) is 10.7. The van der Waals surface area contributed by atoms with E-state index in [-0.39, 0.29) is 12.5 Å². The summed E-state index contributed by atoms with van der Waals surface area (Å²) in [5.41, 5.74) is 6.03. The molecule has 1 aliphatic heterocycles. The Morgan fingerprint density at radius 1 is 1.47 bits per heavy atom. The van der Waals surface area contributed by atoms with Gasteiger partial charge in [0.1, 0.15) is 4.21 Å². The van der Waals surface area contributed by atoms with Crippen molar-refractivity contribution in [2.45, 2.75) is 17.1 Å². The lowest BCUT2D eigenvalue weighted by Gasteiger charge is -2.29. The van der Waals surface area contributed by atoms with Crippen molar-refractivity contribution >= 4 is 27.0 Å². The Hall–Kier alpha value is -0.630. The maximum absolute atomic E-state index is 12.2. The molecule has 17 heavy (non-hydrogen) atoms. The molecule has 0 atom stereocenters. The van der Waals surface area contributed by atoms with Crippen LogP contribution in [-0.4, -0.2) is 37.5 Å². The van der Waals surface area contributed by atoms with Crippen LogP contribution in [0.25, 0.3) is 0 Å². The summed E-state index contributed by atoms with van der Waals surface area (Å²) in [4.78, 5) is 0. The SMILES string of the molecule is Nc1csc(S(=O)(=O)N2CCC(CO)CC2)c1. The van der Waals surface area contributed by atoms with Crippen molar-refractivity contribution in [3.8, 4) is 0 Å². The summed E-state index contributed by atoms with van der Waals surface area (Å²) in [6, 6.07) is 1.50. The van der Waals surface area contributed by atoms with Gasteiger partial charge in [-0.3, -0.25) is 0 Å². The molecule has 0 bridgehead atoms. The molecule has 0 amide bonds. The molecule has 1 aromatic rings. The largest absolute Gasteiger partial charge is 0.398 e. The van der Waals surface area contributed by atoms with Crippen LogP contribution in [0.5, 0.6) is 0 Å². The van der Waals surface area contributed by atoms with Gasteiger partial charge in [-0.15, -0.1) is 11.3 Å². The monoisotopic (exact) mass is 276 g/mol. The number of nitrogens with two attached hydrogens (primary N) is 1. The van der Waals surface area contributed by atoms with E-state index in [1.807, 2.05) is 0 Å². The van der Waals surface area contributed by atoms with Gasteiger partial charge in [-0.25, -0.2) is 8.42 Å². The normalized spacial score (nSPS) is 19.6. The Morgan fingerprint density at radius 2 is 2.12 bits per heavy atom. The third-order valence-electron chi connectivity index (χ3n) is 3.02. The summed E-state index contributed by atoms with van der Waals surface area (Å²) >= 11 is 1.15. The number of rotatable bonds is 3. The van der Waals surface area contributed by atoms with Crippen LogP contribution in [0.4, 0.5) is 5.69 Å². The predicted molar refractivity (Wildman–Crippen MR) is 67.3 cm³/mol. The van der Waals surface area contributed by atoms with Crippen molar-refractivity contribution in [3.05, 3.63) is 11.4 Å². The molecule has 1 fully saturated rings. The number of aliphatic hydroxyl groups is 1. The highest BCUT2D eigenvalue weighted by molar-refractivity contribution is 7.91. The van der Waals surface area contributed by atoms with Gasteiger partial charge in [0.25, 0.3) is 10.0 Å². The van der Waals surface area contributed by atoms with Crippen LogP contribution in [0.2, 0.25) is 0 Å². The molecule has 0 aliphatic carbocycles. The van der Waals surface area contributed by atoms with Crippen molar-refractivity contribution in [2.24, 2.45) is 5.92 Å². The number of anilines is 1. The number of nitrogen functional groups attached to an aromatic ring is 1. The molecule has 5 nitrogen and oxygen atoms in total. The van der Waals surface area contributed by atoms with Crippen molar-refractivity contribution in [1.29, 1.82) is 0 Å². The molecule has 0 aromatic carbocycles. The number of piperidine rings is 1. The first-order valence-corrected chi connectivity index (χ1v) is 7.81. The highest BCUT2D eigenvalue weighted by Gasteiger charge is 2.29. The maximum Gasteiger partial charge on any atom is 0.252 e. The number of hydrogen-bond acceptors (Lipinski definition) is 5. The third-order valence-corrected chi connectivity index (χ3v) is 6.35. The van der Waals surface area contributed by atoms with Gasteiger partial charge in [-0.1, -0.05) is 0 Å². The predicted octanol–water partition coefficient (Wildman–Crippen LogP) is 0.723. The highest BCUT2D eigenvalue weighted by atomic mass is 32.2. The quantitative estimate of drug-likeness (QED) is 0.852. The van der Waals surface area contributed by atoms with E-state index in [9.17, 15) is 8.42 Å². The number of thiophene rings is 1. The summed E-state index contributed by atoms with van der Waals surface area (Å²) in [6.45, 7) is 1.09. The fraction of sp³-hybridized carbons (Fsp3) is 0.600. The smallest absolute Gasteiger partial charge is 0.252 e. The van der Waals surface area contributed by atoms with Gasteiger partial charge in [0.05, 0.1) is 0 Å². The molecule has 0 saturated carbocycles. The van der Waals surface area contributed by atoms with E-state index in [2.05, 4.69) is 0 Å². The molecule has 96 valence electrons. The Labute approximate surface area is 105 Å². The Kier molecular flexibility index (Phi) is 3.72. The van der Waals surface area contributed by atoms with Crippen molar-refractivity contribution in [1.82, 2.24) is 4.31 Å². The van der Waals surface area contributed by atoms with Crippen LogP contribution < -0.4 is 5.73 Å². The first kappa shape index (κ1) is 12.8. The Bertz CT molecular complexity index is 475.